The van der Waals surface area contributed by atoms with E-state index in [0.717, 1.165) is 11.1 Å². The Morgan fingerprint density at radius 1 is 1.13 bits per heavy atom. The minimum Gasteiger partial charge on any atom is -0.505 e. The molecule has 1 atom stereocenters. The fraction of sp³-hybridized carbons (Fsp3) is 0.143. The van der Waals surface area contributed by atoms with E-state index in [-0.39, 0.29) is 5.69 Å². The molecule has 0 aliphatic rings. The van der Waals surface area contributed by atoms with Gasteiger partial charge in [-0.3, -0.25) is 14.6 Å². The number of nitrogens with one attached hydrogen (secondary N) is 2. The molecular weight excluding hydrogens is 388 g/mol. The molecule has 0 fully saturated rings. The van der Waals surface area contributed by atoms with Crippen molar-refractivity contribution >= 4 is 17.7 Å². The summed E-state index contributed by atoms with van der Waals surface area (Å²) in [4.78, 5) is 40.1. The summed E-state index contributed by atoms with van der Waals surface area (Å²) in [6.07, 6.45) is 4.07. The van der Waals surface area contributed by atoms with Gasteiger partial charge in [-0.2, -0.15) is 0 Å². The van der Waals surface area contributed by atoms with Crippen LogP contribution >= 0.6 is 0 Å². The lowest BCUT2D eigenvalue weighted by Gasteiger charge is -2.18. The fourth-order valence-corrected chi connectivity index (χ4v) is 2.91. The van der Waals surface area contributed by atoms with E-state index in [9.17, 15) is 24.6 Å². The molecule has 4 N–H and O–H groups in total. The van der Waals surface area contributed by atoms with Crippen LogP contribution < -0.4 is 16.2 Å². The number of amides is 2. The molecule has 30 heavy (non-hydrogen) atoms. The van der Waals surface area contributed by atoms with Gasteiger partial charge in [-0.15, -0.1) is 0 Å². The molecule has 2 heterocycles. The molecule has 0 radical (unpaired) electrons. The van der Waals surface area contributed by atoms with Crippen molar-refractivity contribution in [2.75, 3.05) is 5.32 Å². The van der Waals surface area contributed by atoms with Crippen LogP contribution in [0.15, 0.2) is 65.8 Å². The number of benzene rings is 1. The van der Waals surface area contributed by atoms with Gasteiger partial charge in [0.05, 0.1) is 12.5 Å². The third-order valence-electron chi connectivity index (χ3n) is 4.44. The first-order valence-electron chi connectivity index (χ1n) is 9.03. The van der Waals surface area contributed by atoms with Crippen LogP contribution in [-0.4, -0.2) is 31.8 Å². The van der Waals surface area contributed by atoms with Crippen LogP contribution in [-0.2, 0) is 11.8 Å². The predicted octanol–water partition coefficient (Wildman–Crippen LogP) is 2.49. The van der Waals surface area contributed by atoms with Gasteiger partial charge in [-0.25, -0.2) is 4.79 Å². The Morgan fingerprint density at radius 2 is 1.87 bits per heavy atom. The maximum absolute atomic E-state index is 12.5. The zero-order chi connectivity index (χ0) is 21.7. The minimum atomic E-state index is -1.12. The van der Waals surface area contributed by atoms with Crippen molar-refractivity contribution in [3.8, 4) is 16.9 Å². The summed E-state index contributed by atoms with van der Waals surface area (Å²) < 4.78 is 1.19. The maximum Gasteiger partial charge on any atom is 0.319 e. The Hall–Kier alpha value is -4.14. The zero-order valence-electron chi connectivity index (χ0n) is 16.1. The SMILES string of the molecule is Cn1ccc(O)c(NC(=O)NC(CC(=O)O)c2cncc(-c3ccccc3)c2)c1=O. The molecule has 3 rings (SSSR count). The number of aliphatic carboxylic acids is 1. The molecule has 1 aromatic carbocycles. The van der Waals surface area contributed by atoms with Crippen molar-refractivity contribution < 1.29 is 19.8 Å². The molecule has 0 bridgehead atoms. The number of hydrogen-bond acceptors (Lipinski definition) is 5. The van der Waals surface area contributed by atoms with Gasteiger partial charge in [0, 0.05) is 31.2 Å². The lowest BCUT2D eigenvalue weighted by atomic mass is 10.0. The van der Waals surface area contributed by atoms with Gasteiger partial charge in [-0.05, 0) is 23.3 Å². The second-order valence-electron chi connectivity index (χ2n) is 6.61. The second kappa shape index (κ2) is 8.91. The molecular formula is C21H20N4O5. The Bertz CT molecular complexity index is 1130. The highest BCUT2D eigenvalue weighted by molar-refractivity contribution is 5.91. The molecule has 2 amide bonds. The standard InChI is InChI=1S/C21H20N4O5/c1-25-8-7-17(26)19(20(25)29)24-21(30)23-16(10-18(27)28)15-9-14(11-22-12-15)13-5-3-2-4-6-13/h2-9,11-12,16,26H,10H2,1H3,(H,27,28)(H2,23,24,30). The van der Waals surface area contributed by atoms with Gasteiger partial charge < -0.3 is 25.4 Å². The Morgan fingerprint density at radius 3 is 2.57 bits per heavy atom. The van der Waals surface area contributed by atoms with E-state index in [0.29, 0.717) is 5.56 Å². The van der Waals surface area contributed by atoms with Gasteiger partial charge >= 0.3 is 12.0 Å². The summed E-state index contributed by atoms with van der Waals surface area (Å²) in [5, 5.41) is 24.0. The molecule has 0 aliphatic heterocycles. The monoisotopic (exact) mass is 408 g/mol. The third-order valence-corrected chi connectivity index (χ3v) is 4.44. The first-order chi connectivity index (χ1) is 14.3. The number of aromatic hydroxyl groups is 1. The minimum absolute atomic E-state index is 0.303. The number of carbonyl (C=O) groups is 2. The van der Waals surface area contributed by atoms with Crippen molar-refractivity contribution in [2.45, 2.75) is 12.5 Å². The maximum atomic E-state index is 12.5. The number of nitrogens with zero attached hydrogens (tertiary/aromatic N) is 2. The molecule has 0 spiro atoms. The molecule has 9 nitrogen and oxygen atoms in total. The Balaban J connectivity index is 1.85. The Kier molecular flexibility index (Phi) is 6.11. The van der Waals surface area contributed by atoms with Gasteiger partial charge in [0.25, 0.3) is 5.56 Å². The molecule has 3 aromatic rings. The molecule has 9 heteroatoms. The summed E-state index contributed by atoms with van der Waals surface area (Å²) in [5.41, 5.74) is 1.23. The quantitative estimate of drug-likeness (QED) is 0.495. The number of aryl methyl sites for hydroxylation is 1. The first-order valence-corrected chi connectivity index (χ1v) is 9.03. The van der Waals surface area contributed by atoms with Crippen molar-refractivity contribution in [3.05, 3.63) is 77.0 Å². The van der Waals surface area contributed by atoms with E-state index in [4.69, 9.17) is 0 Å². The van der Waals surface area contributed by atoms with Crippen LogP contribution in [0.1, 0.15) is 18.0 Å². The highest BCUT2D eigenvalue weighted by Crippen LogP contribution is 2.24. The van der Waals surface area contributed by atoms with E-state index >= 15 is 0 Å². The molecule has 0 saturated carbocycles. The van der Waals surface area contributed by atoms with Crippen molar-refractivity contribution in [2.24, 2.45) is 7.05 Å². The third kappa shape index (κ3) is 4.82. The molecule has 154 valence electrons. The molecule has 1 unspecified atom stereocenters. The van der Waals surface area contributed by atoms with E-state index < -0.39 is 35.8 Å². The molecule has 0 saturated heterocycles. The van der Waals surface area contributed by atoms with Crippen molar-refractivity contribution in [1.82, 2.24) is 14.9 Å². The smallest absolute Gasteiger partial charge is 0.319 e. The average Bonchev–Trinajstić information content (AvgIpc) is 2.74. The highest BCUT2D eigenvalue weighted by atomic mass is 16.4. The number of anilines is 1. The summed E-state index contributed by atoms with van der Waals surface area (Å²) in [6, 6.07) is 10.7. The van der Waals surface area contributed by atoms with Crippen LogP contribution in [0, 0.1) is 0 Å². The first kappa shape index (κ1) is 20.6. The van der Waals surface area contributed by atoms with Crippen LogP contribution in [0.5, 0.6) is 5.75 Å². The molecule has 0 aliphatic carbocycles. The van der Waals surface area contributed by atoms with Crippen LogP contribution in [0.2, 0.25) is 0 Å². The van der Waals surface area contributed by atoms with Crippen LogP contribution in [0.3, 0.4) is 0 Å². The lowest BCUT2D eigenvalue weighted by Crippen LogP contribution is -2.36. The normalized spacial score (nSPS) is 11.5. The van der Waals surface area contributed by atoms with Gasteiger partial charge in [0.15, 0.2) is 5.69 Å². The number of rotatable bonds is 6. The summed E-state index contributed by atoms with van der Waals surface area (Å²) in [6.45, 7) is 0. The largest absolute Gasteiger partial charge is 0.505 e. The van der Waals surface area contributed by atoms with Gasteiger partial charge in [0.2, 0.25) is 0 Å². The number of carboxylic acid groups (broad SMARTS) is 1. The Labute approximate surface area is 171 Å². The number of carboxylic acids is 1. The van der Waals surface area contributed by atoms with E-state index in [2.05, 4.69) is 15.6 Å². The number of urea groups is 1. The number of aromatic nitrogens is 2. The number of hydrogen-bond donors (Lipinski definition) is 4. The highest BCUT2D eigenvalue weighted by Gasteiger charge is 2.21. The van der Waals surface area contributed by atoms with Crippen LogP contribution in [0.25, 0.3) is 11.1 Å². The summed E-state index contributed by atoms with van der Waals surface area (Å²) >= 11 is 0. The van der Waals surface area contributed by atoms with Crippen molar-refractivity contribution in [3.63, 3.8) is 0 Å². The summed E-state index contributed by atoms with van der Waals surface area (Å²) in [5.74, 6) is -1.51. The van der Waals surface area contributed by atoms with E-state index in [1.165, 1.54) is 30.1 Å². The zero-order valence-corrected chi connectivity index (χ0v) is 16.1. The molecule has 2 aromatic heterocycles. The van der Waals surface area contributed by atoms with E-state index in [1.54, 1.807) is 12.3 Å². The van der Waals surface area contributed by atoms with Crippen molar-refractivity contribution in [1.29, 1.82) is 0 Å². The van der Waals surface area contributed by atoms with Gasteiger partial charge in [-0.1, -0.05) is 30.3 Å². The van der Waals surface area contributed by atoms with Crippen LogP contribution in [0.4, 0.5) is 10.5 Å². The second-order valence-corrected chi connectivity index (χ2v) is 6.61. The number of carbonyl (C=O) groups excluding carboxylic acids is 1. The fourth-order valence-electron chi connectivity index (χ4n) is 2.91. The number of pyridine rings is 2. The predicted molar refractivity (Wildman–Crippen MR) is 110 cm³/mol. The topological polar surface area (TPSA) is 134 Å². The summed E-state index contributed by atoms with van der Waals surface area (Å²) in [7, 11) is 1.47. The average molecular weight is 408 g/mol. The van der Waals surface area contributed by atoms with E-state index in [1.807, 2.05) is 30.3 Å². The van der Waals surface area contributed by atoms with Gasteiger partial charge in [0.1, 0.15) is 5.75 Å². The lowest BCUT2D eigenvalue weighted by molar-refractivity contribution is -0.137.